The number of halogens is 1. The molecule has 0 saturated carbocycles. The summed E-state index contributed by atoms with van der Waals surface area (Å²) >= 11 is 4.58. The minimum Gasteiger partial charge on any atom is -0.305 e. The van der Waals surface area contributed by atoms with E-state index >= 15 is 0 Å². The second-order valence-electron chi connectivity index (χ2n) is 4.64. The molecule has 4 nitrogen and oxygen atoms in total. The Bertz CT molecular complexity index is 515. The van der Waals surface area contributed by atoms with E-state index in [4.69, 9.17) is 0 Å². The van der Waals surface area contributed by atoms with Crippen molar-refractivity contribution in [2.24, 2.45) is 0 Å². The molecule has 1 aliphatic heterocycles. The first kappa shape index (κ1) is 14.5. The van der Waals surface area contributed by atoms with Gasteiger partial charge in [0.2, 0.25) is 0 Å². The molecule has 0 aromatic carbocycles. The molecule has 2 heterocycles. The summed E-state index contributed by atoms with van der Waals surface area (Å²) in [5.41, 5.74) is 0. The van der Waals surface area contributed by atoms with Gasteiger partial charge in [0.1, 0.15) is 4.21 Å². The Morgan fingerprint density at radius 2 is 2.17 bits per heavy atom. The molecule has 1 aliphatic rings. The van der Waals surface area contributed by atoms with Crippen molar-refractivity contribution in [1.29, 1.82) is 0 Å². The molecule has 0 bridgehead atoms. The molecule has 1 unspecified atom stereocenters. The molecule has 0 spiro atoms. The van der Waals surface area contributed by atoms with Crippen LogP contribution in [0.4, 0.5) is 0 Å². The number of hydrogen-bond donors (Lipinski definition) is 0. The summed E-state index contributed by atoms with van der Waals surface area (Å²) in [6.45, 7) is 4.29. The quantitative estimate of drug-likeness (QED) is 0.819. The van der Waals surface area contributed by atoms with Crippen LogP contribution in [0.5, 0.6) is 0 Å². The van der Waals surface area contributed by atoms with Gasteiger partial charge in [-0.3, -0.25) is 0 Å². The van der Waals surface area contributed by atoms with Crippen LogP contribution in [0, 0.1) is 0 Å². The number of rotatable bonds is 2. The van der Waals surface area contributed by atoms with Crippen molar-refractivity contribution in [2.75, 3.05) is 26.7 Å². The van der Waals surface area contributed by atoms with Gasteiger partial charge in [0.25, 0.3) is 10.0 Å². The van der Waals surface area contributed by atoms with Gasteiger partial charge in [-0.1, -0.05) is 0 Å². The molecule has 1 aromatic rings. The molecule has 102 valence electrons. The SMILES string of the molecule is CC1CN(C)CCCN1S(=O)(=O)c1sccc1Br. The number of thiophene rings is 1. The Morgan fingerprint density at radius 3 is 2.78 bits per heavy atom. The van der Waals surface area contributed by atoms with Crippen LogP contribution in [0.3, 0.4) is 0 Å². The van der Waals surface area contributed by atoms with E-state index in [1.807, 2.05) is 14.0 Å². The van der Waals surface area contributed by atoms with Crippen LogP contribution in [0.2, 0.25) is 0 Å². The van der Waals surface area contributed by atoms with Crippen molar-refractivity contribution < 1.29 is 8.42 Å². The smallest absolute Gasteiger partial charge is 0.253 e. The molecule has 1 aromatic heterocycles. The van der Waals surface area contributed by atoms with Crippen LogP contribution in [0.1, 0.15) is 13.3 Å². The highest BCUT2D eigenvalue weighted by Crippen LogP contribution is 2.31. The van der Waals surface area contributed by atoms with E-state index < -0.39 is 10.0 Å². The lowest BCUT2D eigenvalue weighted by molar-refractivity contribution is 0.291. The first-order chi connectivity index (χ1) is 8.43. The summed E-state index contributed by atoms with van der Waals surface area (Å²) in [5, 5.41) is 1.80. The van der Waals surface area contributed by atoms with Gasteiger partial charge < -0.3 is 4.90 Å². The molecule has 0 amide bonds. The molecule has 7 heteroatoms. The highest BCUT2D eigenvalue weighted by Gasteiger charge is 2.33. The lowest BCUT2D eigenvalue weighted by Gasteiger charge is -2.26. The van der Waals surface area contributed by atoms with E-state index in [9.17, 15) is 8.42 Å². The van der Waals surface area contributed by atoms with Crippen LogP contribution in [0.25, 0.3) is 0 Å². The first-order valence-electron chi connectivity index (χ1n) is 5.86. The van der Waals surface area contributed by atoms with E-state index in [1.54, 1.807) is 15.8 Å². The van der Waals surface area contributed by atoms with Crippen molar-refractivity contribution >= 4 is 37.3 Å². The molecule has 0 aliphatic carbocycles. The second kappa shape index (κ2) is 5.58. The van der Waals surface area contributed by atoms with Crippen LogP contribution in [-0.4, -0.2) is 50.3 Å². The Balaban J connectivity index is 2.32. The fourth-order valence-electron chi connectivity index (χ4n) is 2.28. The molecule has 1 atom stereocenters. The summed E-state index contributed by atoms with van der Waals surface area (Å²) in [5.74, 6) is 0. The van der Waals surface area contributed by atoms with E-state index in [2.05, 4.69) is 20.8 Å². The number of nitrogens with zero attached hydrogens (tertiary/aromatic N) is 2. The Kier molecular flexibility index (Phi) is 4.48. The number of sulfonamides is 1. The van der Waals surface area contributed by atoms with Crippen molar-refractivity contribution in [2.45, 2.75) is 23.6 Å². The van der Waals surface area contributed by atoms with Crippen molar-refractivity contribution in [3.8, 4) is 0 Å². The monoisotopic (exact) mass is 352 g/mol. The predicted octanol–water partition coefficient (Wildman–Crippen LogP) is 2.23. The van der Waals surface area contributed by atoms with Gasteiger partial charge in [-0.25, -0.2) is 8.42 Å². The molecular weight excluding hydrogens is 336 g/mol. The van der Waals surface area contributed by atoms with Crippen LogP contribution < -0.4 is 0 Å². The number of hydrogen-bond acceptors (Lipinski definition) is 4. The van der Waals surface area contributed by atoms with E-state index in [1.165, 1.54) is 11.3 Å². The van der Waals surface area contributed by atoms with Crippen molar-refractivity contribution in [3.05, 3.63) is 15.9 Å². The maximum atomic E-state index is 12.6. The summed E-state index contributed by atoms with van der Waals surface area (Å²) < 4.78 is 28.0. The summed E-state index contributed by atoms with van der Waals surface area (Å²) in [7, 11) is -1.33. The molecule has 0 radical (unpaired) electrons. The fraction of sp³-hybridized carbons (Fsp3) is 0.636. The maximum Gasteiger partial charge on any atom is 0.253 e. The van der Waals surface area contributed by atoms with Gasteiger partial charge in [-0.05, 0) is 54.3 Å². The highest BCUT2D eigenvalue weighted by atomic mass is 79.9. The minimum absolute atomic E-state index is 0.0106. The van der Waals surface area contributed by atoms with E-state index in [0.29, 0.717) is 15.2 Å². The molecule has 18 heavy (non-hydrogen) atoms. The van der Waals surface area contributed by atoms with Gasteiger partial charge >= 0.3 is 0 Å². The van der Waals surface area contributed by atoms with E-state index in [0.717, 1.165) is 19.5 Å². The van der Waals surface area contributed by atoms with Gasteiger partial charge in [-0.15, -0.1) is 11.3 Å². The third-order valence-corrected chi connectivity index (χ3v) is 7.77. The standard InChI is InChI=1S/C11H17BrN2O2S2/c1-9-8-13(2)5-3-6-14(9)18(15,16)11-10(12)4-7-17-11/h4,7,9H,3,5-6,8H2,1-2H3. The Labute approximate surface area is 121 Å². The van der Waals surface area contributed by atoms with Gasteiger partial charge in [0.15, 0.2) is 0 Å². The third-order valence-electron chi connectivity index (χ3n) is 3.11. The average molecular weight is 353 g/mol. The number of likely N-dealkylation sites (N-methyl/N-ethyl adjacent to an activating group) is 1. The Morgan fingerprint density at radius 1 is 1.44 bits per heavy atom. The molecule has 1 saturated heterocycles. The molecule has 2 rings (SSSR count). The zero-order valence-electron chi connectivity index (χ0n) is 10.5. The zero-order chi connectivity index (χ0) is 13.3. The maximum absolute atomic E-state index is 12.6. The van der Waals surface area contributed by atoms with Crippen molar-refractivity contribution in [1.82, 2.24) is 9.21 Å². The first-order valence-corrected chi connectivity index (χ1v) is 8.97. The lowest BCUT2D eigenvalue weighted by atomic mass is 10.3. The second-order valence-corrected chi connectivity index (χ2v) is 8.49. The van der Waals surface area contributed by atoms with Gasteiger partial charge in [-0.2, -0.15) is 4.31 Å². The minimum atomic E-state index is -3.37. The zero-order valence-corrected chi connectivity index (χ0v) is 13.7. The van der Waals surface area contributed by atoms with Crippen LogP contribution in [-0.2, 0) is 10.0 Å². The van der Waals surface area contributed by atoms with Crippen LogP contribution in [0.15, 0.2) is 20.1 Å². The normalized spacial score (nSPS) is 24.1. The third kappa shape index (κ3) is 2.80. The topological polar surface area (TPSA) is 40.6 Å². The highest BCUT2D eigenvalue weighted by molar-refractivity contribution is 9.10. The van der Waals surface area contributed by atoms with Crippen LogP contribution >= 0.6 is 27.3 Å². The molecule has 0 N–H and O–H groups in total. The van der Waals surface area contributed by atoms with Gasteiger partial charge in [0, 0.05) is 23.6 Å². The fourth-order valence-corrected chi connectivity index (χ4v) is 6.36. The Hall–Kier alpha value is 0.0500. The average Bonchev–Trinajstić information content (AvgIpc) is 2.62. The largest absolute Gasteiger partial charge is 0.305 e. The molecule has 1 fully saturated rings. The van der Waals surface area contributed by atoms with Gasteiger partial charge in [0.05, 0.1) is 0 Å². The predicted molar refractivity (Wildman–Crippen MR) is 77.5 cm³/mol. The summed E-state index contributed by atoms with van der Waals surface area (Å²) in [4.78, 5) is 2.18. The summed E-state index contributed by atoms with van der Waals surface area (Å²) in [6, 6.07) is 1.79. The van der Waals surface area contributed by atoms with E-state index in [-0.39, 0.29) is 6.04 Å². The van der Waals surface area contributed by atoms with Crippen molar-refractivity contribution in [3.63, 3.8) is 0 Å². The summed E-state index contributed by atoms with van der Waals surface area (Å²) in [6.07, 6.45) is 0.878. The lowest BCUT2D eigenvalue weighted by Crippen LogP contribution is -2.41. The molecular formula is C11H17BrN2O2S2.